The molecule has 6 rings (SSSR count). The second-order valence-electron chi connectivity index (χ2n) is 8.95. The Kier molecular flexibility index (Phi) is 6.42. The number of fused-ring (bicyclic) bond motifs is 2. The summed E-state index contributed by atoms with van der Waals surface area (Å²) in [4.78, 5) is 15.8. The lowest BCUT2D eigenvalue weighted by Crippen LogP contribution is -3.08. The van der Waals surface area contributed by atoms with Crippen LogP contribution in [0.4, 0.5) is 0 Å². The van der Waals surface area contributed by atoms with Gasteiger partial charge in [-0.2, -0.15) is 4.99 Å². The molecular weight excluding hydrogens is 444 g/mol. The maximum Gasteiger partial charge on any atom is 0.243 e. The Balaban J connectivity index is 0.00000241. The highest BCUT2D eigenvalue weighted by molar-refractivity contribution is 6.01. The lowest BCUT2D eigenvalue weighted by molar-refractivity contribution is -0.689. The van der Waals surface area contributed by atoms with Crippen molar-refractivity contribution in [3.05, 3.63) is 90.0 Å². The number of nitrogens with one attached hydrogen (secondary N) is 1. The number of quaternary nitrogens is 1. The maximum absolute atomic E-state index is 5.58. The molecule has 2 aliphatic heterocycles. The standard InChI is InChI=1S/C28H26N4O.ClH/c1-33-23-12-9-21(10-13-23)27-26-18-29-15-16-32(26)28(31-27)22-8-7-20-11-14-24(30-25(20)17-22)19-5-3-2-4-6-19;/h2-8,11,14-18,21,23H,9-10,12-13H2,1H3;1H. The van der Waals surface area contributed by atoms with Crippen LogP contribution in [0, 0.1) is 5.92 Å². The molecule has 3 heterocycles. The van der Waals surface area contributed by atoms with Gasteiger partial charge < -0.3 is 17.1 Å². The van der Waals surface area contributed by atoms with E-state index in [1.54, 1.807) is 0 Å². The fourth-order valence-electron chi connectivity index (χ4n) is 5.18. The summed E-state index contributed by atoms with van der Waals surface area (Å²) in [6.45, 7) is 0. The number of pyridine rings is 1. The number of ether oxygens (including phenoxy) is 1. The number of hydrogen-bond acceptors (Lipinski definition) is 4. The van der Waals surface area contributed by atoms with E-state index in [1.807, 2.05) is 37.7 Å². The number of benzene rings is 2. The third kappa shape index (κ3) is 4.11. The van der Waals surface area contributed by atoms with Crippen LogP contribution < -0.4 is 17.3 Å². The number of amidine groups is 1. The zero-order valence-electron chi connectivity index (χ0n) is 19.1. The van der Waals surface area contributed by atoms with Gasteiger partial charge in [-0.1, -0.05) is 42.5 Å². The van der Waals surface area contributed by atoms with Crippen molar-refractivity contribution >= 4 is 23.0 Å². The summed E-state index contributed by atoms with van der Waals surface area (Å²) in [6.07, 6.45) is 10.7. The molecule has 6 heteroatoms. The molecule has 1 atom stereocenters. The highest BCUT2D eigenvalue weighted by Crippen LogP contribution is 2.34. The lowest BCUT2D eigenvalue weighted by Gasteiger charge is -2.27. The molecule has 0 saturated heterocycles. The van der Waals surface area contributed by atoms with Crippen molar-refractivity contribution in [2.45, 2.75) is 31.8 Å². The van der Waals surface area contributed by atoms with Gasteiger partial charge in [0.1, 0.15) is 11.9 Å². The van der Waals surface area contributed by atoms with Crippen molar-refractivity contribution in [1.29, 1.82) is 0 Å². The molecular formula is C28H27ClN4O. The number of nitrogens with zero attached hydrogens (tertiary/aromatic N) is 3. The van der Waals surface area contributed by atoms with Gasteiger partial charge in [0.15, 0.2) is 5.70 Å². The predicted octanol–water partition coefficient (Wildman–Crippen LogP) is 1.52. The highest BCUT2D eigenvalue weighted by Gasteiger charge is 2.37. The van der Waals surface area contributed by atoms with Gasteiger partial charge in [0, 0.05) is 24.0 Å². The van der Waals surface area contributed by atoms with Gasteiger partial charge in [-0.15, -0.1) is 0 Å². The molecule has 3 aliphatic rings. The number of halogens is 1. The number of hydrogen-bond donors (Lipinski definition) is 1. The van der Waals surface area contributed by atoms with E-state index in [0.29, 0.717) is 12.0 Å². The van der Waals surface area contributed by atoms with Crippen LogP contribution in [-0.4, -0.2) is 30.2 Å². The van der Waals surface area contributed by atoms with Crippen molar-refractivity contribution in [1.82, 2.24) is 4.98 Å². The lowest BCUT2D eigenvalue weighted by atomic mass is 9.84. The van der Waals surface area contributed by atoms with Crippen molar-refractivity contribution < 1.29 is 22.0 Å². The zero-order chi connectivity index (χ0) is 22.2. The predicted molar refractivity (Wildman–Crippen MR) is 132 cm³/mol. The average Bonchev–Trinajstić information content (AvgIpc) is 3.28. The van der Waals surface area contributed by atoms with Crippen LogP contribution in [0.5, 0.6) is 0 Å². The van der Waals surface area contributed by atoms with Gasteiger partial charge >= 0.3 is 0 Å². The minimum atomic E-state index is 0. The maximum atomic E-state index is 5.58. The largest absolute Gasteiger partial charge is 1.00 e. The van der Waals surface area contributed by atoms with Crippen LogP contribution in [0.25, 0.3) is 22.2 Å². The first-order chi connectivity index (χ1) is 16.3. The van der Waals surface area contributed by atoms with E-state index in [2.05, 4.69) is 53.7 Å². The first kappa shape index (κ1) is 22.7. The molecule has 0 radical (unpaired) electrons. The number of aromatic nitrogens is 1. The Morgan fingerprint density at radius 1 is 0.912 bits per heavy atom. The van der Waals surface area contributed by atoms with E-state index in [9.17, 15) is 0 Å². The summed E-state index contributed by atoms with van der Waals surface area (Å²) in [5.74, 6) is 1.49. The Morgan fingerprint density at radius 2 is 1.71 bits per heavy atom. The first-order valence-corrected chi connectivity index (χ1v) is 11.7. The van der Waals surface area contributed by atoms with Gasteiger partial charge in [-0.3, -0.25) is 4.99 Å². The molecule has 1 fully saturated rings. The fraction of sp³-hybridized carbons (Fsp3) is 0.250. The Bertz CT molecular complexity index is 1320. The average molecular weight is 471 g/mol. The summed E-state index contributed by atoms with van der Waals surface area (Å²) >= 11 is 0. The smallest absolute Gasteiger partial charge is 0.243 e. The van der Waals surface area contributed by atoms with Gasteiger partial charge in [0.05, 0.1) is 35.3 Å². The number of rotatable bonds is 4. The van der Waals surface area contributed by atoms with Crippen molar-refractivity contribution in [3.8, 4) is 11.3 Å². The van der Waals surface area contributed by atoms with Crippen LogP contribution in [0.1, 0.15) is 31.2 Å². The third-order valence-electron chi connectivity index (χ3n) is 7.01. The Labute approximate surface area is 206 Å². The van der Waals surface area contributed by atoms with Crippen molar-refractivity contribution in [2.75, 3.05) is 7.11 Å². The summed E-state index contributed by atoms with van der Waals surface area (Å²) in [6, 6.07) is 21.1. The minimum absolute atomic E-state index is 0. The first-order valence-electron chi connectivity index (χ1n) is 11.7. The molecule has 1 aromatic heterocycles. The zero-order valence-corrected chi connectivity index (χ0v) is 19.9. The van der Waals surface area contributed by atoms with Crippen LogP contribution in [0.3, 0.4) is 0 Å². The van der Waals surface area contributed by atoms with E-state index in [0.717, 1.165) is 59.2 Å². The van der Waals surface area contributed by atoms with Gasteiger partial charge in [-0.05, 0) is 43.9 Å². The number of aliphatic imine (C=N–C) groups is 2. The Morgan fingerprint density at radius 3 is 2.50 bits per heavy atom. The molecule has 2 aromatic carbocycles. The molecule has 1 unspecified atom stereocenters. The molecule has 34 heavy (non-hydrogen) atoms. The van der Waals surface area contributed by atoms with E-state index in [4.69, 9.17) is 14.7 Å². The molecule has 3 aromatic rings. The summed E-state index contributed by atoms with van der Waals surface area (Å²) in [5, 5.41) is 1.13. The number of methoxy groups -OCH3 is 1. The molecule has 0 amide bonds. The SMILES string of the molecule is COC1CCC(C2=C3C=NC=C[NH+]3C(c3ccc4ccc(-c5ccccc5)nc4c3)=N2)CC1.[Cl-]. The van der Waals surface area contributed by atoms with E-state index in [-0.39, 0.29) is 12.4 Å². The summed E-state index contributed by atoms with van der Waals surface area (Å²) in [5.41, 5.74) is 6.57. The van der Waals surface area contributed by atoms with Gasteiger partial charge in [-0.25, -0.2) is 9.88 Å². The minimum Gasteiger partial charge on any atom is -1.00 e. The topological polar surface area (TPSA) is 51.3 Å². The van der Waals surface area contributed by atoms with Crippen molar-refractivity contribution in [3.63, 3.8) is 0 Å². The van der Waals surface area contributed by atoms with E-state index >= 15 is 0 Å². The normalized spacial score (nSPS) is 23.6. The van der Waals surface area contributed by atoms with Gasteiger partial charge in [0.2, 0.25) is 5.84 Å². The fourth-order valence-corrected chi connectivity index (χ4v) is 5.18. The second kappa shape index (κ2) is 9.63. The molecule has 0 spiro atoms. The molecule has 0 bridgehead atoms. The van der Waals surface area contributed by atoms with E-state index in [1.165, 1.54) is 16.3 Å². The summed E-state index contributed by atoms with van der Waals surface area (Å²) < 4.78 is 5.58. The van der Waals surface area contributed by atoms with Crippen LogP contribution >= 0.6 is 0 Å². The summed E-state index contributed by atoms with van der Waals surface area (Å²) in [7, 11) is 1.82. The molecule has 172 valence electrons. The quantitative estimate of drug-likeness (QED) is 0.628. The van der Waals surface area contributed by atoms with Crippen LogP contribution in [0.15, 0.2) is 94.4 Å². The van der Waals surface area contributed by atoms with Crippen LogP contribution in [0.2, 0.25) is 0 Å². The molecule has 1 aliphatic carbocycles. The molecule has 5 nitrogen and oxygen atoms in total. The van der Waals surface area contributed by atoms with E-state index < -0.39 is 0 Å². The molecule has 1 saturated carbocycles. The Hall–Kier alpha value is -3.12. The molecule has 1 N–H and O–H groups in total. The third-order valence-corrected chi connectivity index (χ3v) is 7.01. The number of allylic oxidation sites excluding steroid dienone is 2. The van der Waals surface area contributed by atoms with Crippen LogP contribution in [-0.2, 0) is 4.74 Å². The highest BCUT2D eigenvalue weighted by atomic mass is 35.5. The second-order valence-corrected chi connectivity index (χ2v) is 8.95. The van der Waals surface area contributed by atoms with Crippen molar-refractivity contribution in [2.24, 2.45) is 15.9 Å². The monoisotopic (exact) mass is 470 g/mol. The van der Waals surface area contributed by atoms with Gasteiger partial charge in [0.25, 0.3) is 0 Å².